The summed E-state index contributed by atoms with van der Waals surface area (Å²) in [6.45, 7) is 5.39. The van der Waals surface area contributed by atoms with E-state index >= 15 is 0 Å². The highest BCUT2D eigenvalue weighted by Gasteiger charge is 2.38. The van der Waals surface area contributed by atoms with Crippen molar-refractivity contribution in [1.82, 2.24) is 15.5 Å². The zero-order valence-electron chi connectivity index (χ0n) is 16.8. The molecule has 3 rings (SSSR count). The number of ether oxygens (including phenoxy) is 2. The largest absolute Gasteiger partial charge is 0.496 e. The zero-order valence-corrected chi connectivity index (χ0v) is 16.8. The van der Waals surface area contributed by atoms with E-state index in [9.17, 15) is 0 Å². The van der Waals surface area contributed by atoms with Crippen LogP contribution in [0, 0.1) is 0 Å². The van der Waals surface area contributed by atoms with Gasteiger partial charge in [-0.25, -0.2) is 0 Å². The number of morpholine rings is 1. The van der Waals surface area contributed by atoms with Gasteiger partial charge in [-0.05, 0) is 18.9 Å². The van der Waals surface area contributed by atoms with E-state index in [4.69, 9.17) is 9.47 Å². The number of hydrogen-bond acceptors (Lipinski definition) is 4. The Balaban J connectivity index is 1.59. The Bertz CT molecular complexity index is 608. The normalized spacial score (nSPS) is 20.9. The standard InChI is InChI=1S/C21H34N4O2/c1-22-20(23-16-18-8-4-5-9-19(18)26-2)24-17-21(10-6-3-7-11-21)25-12-14-27-15-13-25/h4-5,8-9H,3,6-7,10-17H2,1-2H3,(H2,22,23,24). The van der Waals surface area contributed by atoms with Crippen LogP contribution in [0.3, 0.4) is 0 Å². The number of hydrogen-bond donors (Lipinski definition) is 2. The fraction of sp³-hybridized carbons (Fsp3) is 0.667. The highest BCUT2D eigenvalue weighted by atomic mass is 16.5. The Morgan fingerprint density at radius 3 is 2.59 bits per heavy atom. The van der Waals surface area contributed by atoms with Crippen molar-refractivity contribution in [1.29, 1.82) is 0 Å². The van der Waals surface area contributed by atoms with Gasteiger partial charge in [-0.2, -0.15) is 0 Å². The van der Waals surface area contributed by atoms with Crippen LogP contribution in [0.5, 0.6) is 5.75 Å². The average molecular weight is 375 g/mol. The molecule has 6 nitrogen and oxygen atoms in total. The molecule has 0 amide bonds. The van der Waals surface area contributed by atoms with E-state index in [-0.39, 0.29) is 5.54 Å². The SMILES string of the molecule is CN=C(NCc1ccccc1OC)NCC1(N2CCOCC2)CCCCC1. The molecular formula is C21H34N4O2. The van der Waals surface area contributed by atoms with Crippen molar-refractivity contribution in [3.8, 4) is 5.75 Å². The summed E-state index contributed by atoms with van der Waals surface area (Å²) in [6.07, 6.45) is 6.48. The third kappa shape index (κ3) is 5.14. The molecule has 1 saturated carbocycles. The summed E-state index contributed by atoms with van der Waals surface area (Å²) in [5.74, 6) is 1.75. The van der Waals surface area contributed by atoms with Crippen LogP contribution >= 0.6 is 0 Å². The Hall–Kier alpha value is -1.79. The van der Waals surface area contributed by atoms with Gasteiger partial charge in [0.05, 0.1) is 20.3 Å². The first-order valence-corrected chi connectivity index (χ1v) is 10.2. The van der Waals surface area contributed by atoms with Crippen LogP contribution in [0.2, 0.25) is 0 Å². The lowest BCUT2D eigenvalue weighted by molar-refractivity contribution is -0.0352. The minimum absolute atomic E-state index is 0.226. The minimum atomic E-state index is 0.226. The van der Waals surface area contributed by atoms with Crippen LogP contribution in [0.1, 0.15) is 37.7 Å². The van der Waals surface area contributed by atoms with Crippen LogP contribution in [0.15, 0.2) is 29.3 Å². The van der Waals surface area contributed by atoms with Gasteiger partial charge in [0.2, 0.25) is 0 Å². The molecule has 0 spiro atoms. The first-order valence-electron chi connectivity index (χ1n) is 10.2. The molecule has 0 unspecified atom stereocenters. The second-order valence-electron chi connectivity index (χ2n) is 7.48. The maximum absolute atomic E-state index is 5.58. The Morgan fingerprint density at radius 2 is 1.89 bits per heavy atom. The molecule has 2 aliphatic rings. The molecule has 2 fully saturated rings. The van der Waals surface area contributed by atoms with E-state index in [1.165, 1.54) is 32.1 Å². The lowest BCUT2D eigenvalue weighted by atomic mass is 9.80. The second kappa shape index (κ2) is 9.95. The fourth-order valence-electron chi connectivity index (χ4n) is 4.35. The molecule has 1 heterocycles. The summed E-state index contributed by atoms with van der Waals surface area (Å²) in [5.41, 5.74) is 1.35. The molecule has 0 radical (unpaired) electrons. The van der Waals surface area contributed by atoms with Gasteiger partial charge in [0, 0.05) is 44.3 Å². The molecule has 1 aromatic carbocycles. The smallest absolute Gasteiger partial charge is 0.191 e. The van der Waals surface area contributed by atoms with Gasteiger partial charge in [0.15, 0.2) is 5.96 Å². The summed E-state index contributed by atoms with van der Waals surface area (Å²) in [4.78, 5) is 7.08. The van der Waals surface area contributed by atoms with Gasteiger partial charge < -0.3 is 20.1 Å². The van der Waals surface area contributed by atoms with E-state index in [2.05, 4.69) is 26.6 Å². The predicted octanol–water partition coefficient (Wildman–Crippen LogP) is 2.40. The molecule has 2 N–H and O–H groups in total. The van der Waals surface area contributed by atoms with E-state index in [1.807, 2.05) is 25.2 Å². The fourth-order valence-corrected chi connectivity index (χ4v) is 4.35. The third-order valence-electron chi connectivity index (χ3n) is 5.91. The Kier molecular flexibility index (Phi) is 7.35. The van der Waals surface area contributed by atoms with Gasteiger partial charge >= 0.3 is 0 Å². The number of rotatable bonds is 6. The maximum Gasteiger partial charge on any atom is 0.191 e. The molecule has 0 bridgehead atoms. The summed E-state index contributed by atoms with van der Waals surface area (Å²) < 4.78 is 11.0. The van der Waals surface area contributed by atoms with Crippen LogP contribution in [0.4, 0.5) is 0 Å². The van der Waals surface area contributed by atoms with Crippen LogP contribution in [-0.4, -0.2) is 63.4 Å². The molecule has 6 heteroatoms. The van der Waals surface area contributed by atoms with Gasteiger partial charge in [0.25, 0.3) is 0 Å². The summed E-state index contributed by atoms with van der Waals surface area (Å²) >= 11 is 0. The van der Waals surface area contributed by atoms with Crippen LogP contribution in [-0.2, 0) is 11.3 Å². The number of aliphatic imine (C=N–C) groups is 1. The molecule has 27 heavy (non-hydrogen) atoms. The van der Waals surface area contributed by atoms with E-state index < -0.39 is 0 Å². The molecule has 1 aliphatic heterocycles. The van der Waals surface area contributed by atoms with Crippen molar-refractivity contribution in [3.63, 3.8) is 0 Å². The van der Waals surface area contributed by atoms with Gasteiger partial charge in [-0.1, -0.05) is 37.5 Å². The molecular weight excluding hydrogens is 340 g/mol. The van der Waals surface area contributed by atoms with Gasteiger partial charge in [-0.15, -0.1) is 0 Å². The first-order chi connectivity index (χ1) is 13.3. The number of guanidine groups is 1. The number of nitrogens with zero attached hydrogens (tertiary/aromatic N) is 2. The van der Waals surface area contributed by atoms with Gasteiger partial charge in [-0.3, -0.25) is 9.89 Å². The average Bonchev–Trinajstić information content (AvgIpc) is 2.75. The number of nitrogens with one attached hydrogen (secondary N) is 2. The maximum atomic E-state index is 5.58. The van der Waals surface area contributed by atoms with Crippen molar-refractivity contribution in [2.24, 2.45) is 4.99 Å². The molecule has 1 aliphatic carbocycles. The highest BCUT2D eigenvalue weighted by molar-refractivity contribution is 5.79. The predicted molar refractivity (Wildman–Crippen MR) is 109 cm³/mol. The number of para-hydroxylation sites is 1. The topological polar surface area (TPSA) is 58.1 Å². The molecule has 1 aromatic rings. The van der Waals surface area contributed by atoms with E-state index in [0.717, 1.165) is 50.1 Å². The quantitative estimate of drug-likeness (QED) is 0.591. The summed E-state index contributed by atoms with van der Waals surface area (Å²) in [5, 5.41) is 7.04. The minimum Gasteiger partial charge on any atom is -0.496 e. The first kappa shape index (κ1) is 20.0. The van der Waals surface area contributed by atoms with Crippen molar-refractivity contribution in [2.45, 2.75) is 44.2 Å². The second-order valence-corrected chi connectivity index (χ2v) is 7.48. The van der Waals surface area contributed by atoms with Crippen molar-refractivity contribution < 1.29 is 9.47 Å². The number of benzene rings is 1. The third-order valence-corrected chi connectivity index (χ3v) is 5.91. The lowest BCUT2D eigenvalue weighted by Gasteiger charge is -2.48. The van der Waals surface area contributed by atoms with Crippen LogP contribution in [0.25, 0.3) is 0 Å². The van der Waals surface area contributed by atoms with Gasteiger partial charge in [0.1, 0.15) is 5.75 Å². The molecule has 0 aromatic heterocycles. The monoisotopic (exact) mass is 374 g/mol. The Morgan fingerprint density at radius 1 is 1.15 bits per heavy atom. The van der Waals surface area contributed by atoms with Crippen molar-refractivity contribution >= 4 is 5.96 Å². The van der Waals surface area contributed by atoms with Crippen LogP contribution < -0.4 is 15.4 Å². The zero-order chi connectivity index (χ0) is 19.0. The lowest BCUT2D eigenvalue weighted by Crippen LogP contribution is -2.60. The number of methoxy groups -OCH3 is 1. The molecule has 0 atom stereocenters. The molecule has 150 valence electrons. The summed E-state index contributed by atoms with van der Waals surface area (Å²) in [6, 6.07) is 8.09. The Labute approximate surface area is 163 Å². The summed E-state index contributed by atoms with van der Waals surface area (Å²) in [7, 11) is 3.54. The van der Waals surface area contributed by atoms with Crippen molar-refractivity contribution in [2.75, 3.05) is 47.0 Å². The van der Waals surface area contributed by atoms with Crippen molar-refractivity contribution in [3.05, 3.63) is 29.8 Å². The molecule has 1 saturated heterocycles. The van der Waals surface area contributed by atoms with E-state index in [0.29, 0.717) is 6.54 Å². The highest BCUT2D eigenvalue weighted by Crippen LogP contribution is 2.33. The van der Waals surface area contributed by atoms with E-state index in [1.54, 1.807) is 7.11 Å².